The molecule has 0 amide bonds. The van der Waals surface area contributed by atoms with Crippen LogP contribution in [0.3, 0.4) is 0 Å². The van der Waals surface area contributed by atoms with Crippen molar-refractivity contribution in [2.75, 3.05) is 6.61 Å². The third-order valence-electron chi connectivity index (χ3n) is 3.74. The molecule has 0 aliphatic carbocycles. The average molecular weight is 336 g/mol. The first-order valence-corrected chi connectivity index (χ1v) is 8.12. The van der Waals surface area contributed by atoms with Gasteiger partial charge >= 0.3 is 0 Å². The Morgan fingerprint density at radius 1 is 0.917 bits per heavy atom. The van der Waals surface area contributed by atoms with Crippen molar-refractivity contribution in [3.8, 4) is 22.3 Å². The molecule has 0 bridgehead atoms. The first kappa shape index (κ1) is 16.4. The Labute approximate surface area is 147 Å². The molecule has 2 aromatic carbocycles. The van der Waals surface area contributed by atoms with Crippen LogP contribution in [0.1, 0.15) is 5.56 Å². The van der Waals surface area contributed by atoms with E-state index in [0.29, 0.717) is 18.2 Å². The SMILES string of the molecule is C=C(Cl)COCc1c(-c2ccccc2)cccc1-c1cccnc1. The monoisotopic (exact) mass is 335 g/mol. The highest BCUT2D eigenvalue weighted by Gasteiger charge is 2.12. The summed E-state index contributed by atoms with van der Waals surface area (Å²) in [6.45, 7) is 4.47. The van der Waals surface area contributed by atoms with Crippen LogP contribution in [0.15, 0.2) is 84.7 Å². The van der Waals surface area contributed by atoms with Crippen molar-refractivity contribution in [1.29, 1.82) is 0 Å². The number of pyridine rings is 1. The van der Waals surface area contributed by atoms with E-state index in [-0.39, 0.29) is 0 Å². The molecule has 24 heavy (non-hydrogen) atoms. The highest BCUT2D eigenvalue weighted by molar-refractivity contribution is 6.29. The van der Waals surface area contributed by atoms with Gasteiger partial charge in [-0.2, -0.15) is 0 Å². The molecule has 1 aromatic heterocycles. The Morgan fingerprint density at radius 3 is 2.29 bits per heavy atom. The van der Waals surface area contributed by atoms with Crippen LogP contribution in [0.4, 0.5) is 0 Å². The first-order valence-electron chi connectivity index (χ1n) is 7.74. The van der Waals surface area contributed by atoms with E-state index in [1.165, 1.54) is 0 Å². The van der Waals surface area contributed by atoms with E-state index in [2.05, 4.69) is 48.0 Å². The zero-order valence-corrected chi connectivity index (χ0v) is 14.0. The fourth-order valence-corrected chi connectivity index (χ4v) is 2.76. The third-order valence-corrected chi connectivity index (χ3v) is 3.85. The summed E-state index contributed by atoms with van der Waals surface area (Å²) in [5.74, 6) is 0. The molecule has 0 atom stereocenters. The van der Waals surface area contributed by atoms with E-state index >= 15 is 0 Å². The van der Waals surface area contributed by atoms with Crippen molar-refractivity contribution in [3.63, 3.8) is 0 Å². The number of aromatic nitrogens is 1. The van der Waals surface area contributed by atoms with Gasteiger partial charge < -0.3 is 4.74 Å². The number of halogens is 1. The highest BCUT2D eigenvalue weighted by atomic mass is 35.5. The molecule has 3 rings (SSSR count). The summed E-state index contributed by atoms with van der Waals surface area (Å²) < 4.78 is 5.75. The van der Waals surface area contributed by atoms with Crippen molar-refractivity contribution in [2.24, 2.45) is 0 Å². The summed E-state index contributed by atoms with van der Waals surface area (Å²) in [7, 11) is 0. The molecular formula is C21H18ClNO. The summed E-state index contributed by atoms with van der Waals surface area (Å²) in [6.07, 6.45) is 3.65. The molecule has 3 aromatic rings. The van der Waals surface area contributed by atoms with Gasteiger partial charge in [-0.05, 0) is 28.3 Å². The summed E-state index contributed by atoms with van der Waals surface area (Å²) in [5, 5.41) is 0.495. The molecule has 0 spiro atoms. The quantitative estimate of drug-likeness (QED) is 0.577. The fraction of sp³-hybridized carbons (Fsp3) is 0.0952. The normalized spacial score (nSPS) is 10.5. The summed E-state index contributed by atoms with van der Waals surface area (Å²) in [5.41, 5.74) is 5.61. The van der Waals surface area contributed by atoms with E-state index in [9.17, 15) is 0 Å². The predicted octanol–water partition coefficient (Wildman–Crippen LogP) is 5.68. The topological polar surface area (TPSA) is 22.1 Å². The van der Waals surface area contributed by atoms with Gasteiger partial charge in [0.15, 0.2) is 0 Å². The molecule has 3 heteroatoms. The lowest BCUT2D eigenvalue weighted by molar-refractivity contribution is 0.147. The first-order chi connectivity index (χ1) is 11.8. The molecular weight excluding hydrogens is 318 g/mol. The highest BCUT2D eigenvalue weighted by Crippen LogP contribution is 2.32. The van der Waals surface area contributed by atoms with Crippen molar-refractivity contribution in [2.45, 2.75) is 6.61 Å². The second-order valence-corrected chi connectivity index (χ2v) is 5.98. The van der Waals surface area contributed by atoms with Gasteiger partial charge in [0.05, 0.1) is 13.2 Å². The smallest absolute Gasteiger partial charge is 0.0821 e. The number of rotatable bonds is 6. The van der Waals surface area contributed by atoms with Crippen LogP contribution in [0.2, 0.25) is 0 Å². The van der Waals surface area contributed by atoms with E-state index in [0.717, 1.165) is 27.8 Å². The maximum Gasteiger partial charge on any atom is 0.0821 e. The third kappa shape index (κ3) is 3.91. The minimum atomic E-state index is 0.331. The number of ether oxygens (including phenoxy) is 1. The lowest BCUT2D eigenvalue weighted by atomic mass is 9.93. The van der Waals surface area contributed by atoms with Crippen LogP contribution in [0.25, 0.3) is 22.3 Å². The largest absolute Gasteiger partial charge is 0.371 e. The molecule has 0 radical (unpaired) electrons. The molecule has 0 saturated carbocycles. The van der Waals surface area contributed by atoms with Gasteiger partial charge in [0.1, 0.15) is 0 Å². The minimum Gasteiger partial charge on any atom is -0.371 e. The summed E-state index contributed by atoms with van der Waals surface area (Å²) >= 11 is 5.83. The summed E-state index contributed by atoms with van der Waals surface area (Å²) in [4.78, 5) is 4.24. The Bertz CT molecular complexity index is 758. The number of hydrogen-bond donors (Lipinski definition) is 0. The Kier molecular flexibility index (Phi) is 5.42. The Hall–Kier alpha value is -2.42. The molecule has 0 fully saturated rings. The average Bonchev–Trinajstić information content (AvgIpc) is 2.63. The lowest BCUT2D eigenvalue weighted by Crippen LogP contribution is -2.00. The fourth-order valence-electron chi connectivity index (χ4n) is 2.69. The van der Waals surface area contributed by atoms with Crippen molar-refractivity contribution in [1.82, 2.24) is 4.98 Å². The molecule has 2 nitrogen and oxygen atoms in total. The van der Waals surface area contributed by atoms with Crippen molar-refractivity contribution >= 4 is 11.6 Å². The van der Waals surface area contributed by atoms with Gasteiger partial charge in [0.25, 0.3) is 0 Å². The molecule has 0 saturated heterocycles. The van der Waals surface area contributed by atoms with Gasteiger partial charge in [0.2, 0.25) is 0 Å². The molecule has 0 aliphatic rings. The molecule has 0 aliphatic heterocycles. The Balaban J connectivity index is 2.07. The standard InChI is InChI=1S/C21H18ClNO/c1-16(22)14-24-15-21-19(17-7-3-2-4-8-17)10-5-11-20(21)18-9-6-12-23-13-18/h2-13H,1,14-15H2. The van der Waals surface area contributed by atoms with Gasteiger partial charge in [-0.25, -0.2) is 0 Å². The van der Waals surface area contributed by atoms with Crippen LogP contribution in [0.5, 0.6) is 0 Å². The van der Waals surface area contributed by atoms with Crippen LogP contribution in [-0.2, 0) is 11.3 Å². The summed E-state index contributed by atoms with van der Waals surface area (Å²) in [6, 6.07) is 20.6. The van der Waals surface area contributed by atoms with E-state index in [4.69, 9.17) is 16.3 Å². The zero-order valence-electron chi connectivity index (χ0n) is 13.3. The van der Waals surface area contributed by atoms with Gasteiger partial charge in [0, 0.05) is 23.0 Å². The van der Waals surface area contributed by atoms with Crippen molar-refractivity contribution in [3.05, 3.63) is 90.2 Å². The van der Waals surface area contributed by atoms with E-state index < -0.39 is 0 Å². The van der Waals surface area contributed by atoms with Gasteiger partial charge in [-0.3, -0.25) is 4.98 Å². The van der Waals surface area contributed by atoms with Crippen LogP contribution < -0.4 is 0 Å². The minimum absolute atomic E-state index is 0.331. The van der Waals surface area contributed by atoms with Gasteiger partial charge in [-0.15, -0.1) is 0 Å². The maximum atomic E-state index is 5.83. The molecule has 1 heterocycles. The molecule has 0 N–H and O–H groups in total. The van der Waals surface area contributed by atoms with Crippen LogP contribution in [-0.4, -0.2) is 11.6 Å². The lowest BCUT2D eigenvalue weighted by Gasteiger charge is -2.15. The van der Waals surface area contributed by atoms with Crippen LogP contribution in [0, 0.1) is 0 Å². The van der Waals surface area contributed by atoms with Gasteiger partial charge in [-0.1, -0.05) is 72.8 Å². The predicted molar refractivity (Wildman–Crippen MR) is 99.8 cm³/mol. The number of nitrogens with zero attached hydrogens (tertiary/aromatic N) is 1. The molecule has 0 unspecified atom stereocenters. The number of benzene rings is 2. The zero-order chi connectivity index (χ0) is 16.8. The van der Waals surface area contributed by atoms with Crippen molar-refractivity contribution < 1.29 is 4.74 Å². The van der Waals surface area contributed by atoms with Crippen LogP contribution >= 0.6 is 11.6 Å². The van der Waals surface area contributed by atoms with E-state index in [1.807, 2.05) is 30.5 Å². The van der Waals surface area contributed by atoms with E-state index in [1.54, 1.807) is 6.20 Å². The second-order valence-electron chi connectivity index (χ2n) is 5.45. The maximum absolute atomic E-state index is 5.83. The number of hydrogen-bond acceptors (Lipinski definition) is 2. The second kappa shape index (κ2) is 7.91. The molecule has 120 valence electrons. The Morgan fingerprint density at radius 2 is 1.62 bits per heavy atom.